The molecule has 1 fully saturated rings. The van der Waals surface area contributed by atoms with Crippen molar-refractivity contribution in [2.45, 2.75) is 37.7 Å². The number of thioether (sulfide) groups is 1. The zero-order chi connectivity index (χ0) is 15.8. The lowest BCUT2D eigenvalue weighted by Crippen LogP contribution is -2.40. The van der Waals surface area contributed by atoms with E-state index in [4.69, 9.17) is 0 Å². The Labute approximate surface area is 128 Å². The number of halogens is 2. The SMILES string of the molecule is CSC(C)(C)CN1C(=O)C(C)NC1c1ccc(F)cc1F. The van der Waals surface area contributed by atoms with Gasteiger partial charge in [0, 0.05) is 22.9 Å². The second-order valence-corrected chi connectivity index (χ2v) is 7.40. The molecule has 0 saturated carbocycles. The van der Waals surface area contributed by atoms with Gasteiger partial charge in [0.25, 0.3) is 0 Å². The second-order valence-electron chi connectivity index (χ2n) is 5.89. The maximum atomic E-state index is 14.0. The lowest BCUT2D eigenvalue weighted by molar-refractivity contribution is -0.130. The van der Waals surface area contributed by atoms with Crippen molar-refractivity contribution in [3.63, 3.8) is 0 Å². The van der Waals surface area contributed by atoms with Gasteiger partial charge in [-0.05, 0) is 39.2 Å². The third-order valence-corrected chi connectivity index (χ3v) is 4.97. The Morgan fingerprint density at radius 1 is 1.38 bits per heavy atom. The van der Waals surface area contributed by atoms with Crippen LogP contribution in [0.5, 0.6) is 0 Å². The molecule has 0 aliphatic carbocycles. The number of nitrogens with zero attached hydrogens (tertiary/aromatic N) is 1. The molecule has 2 atom stereocenters. The minimum Gasteiger partial charge on any atom is -0.320 e. The van der Waals surface area contributed by atoms with Gasteiger partial charge in [0.15, 0.2) is 0 Å². The predicted octanol–water partition coefficient (Wildman–Crippen LogP) is 2.93. The van der Waals surface area contributed by atoms with Gasteiger partial charge < -0.3 is 4.90 Å². The van der Waals surface area contributed by atoms with Gasteiger partial charge in [-0.15, -0.1) is 0 Å². The Morgan fingerprint density at radius 3 is 2.62 bits per heavy atom. The molecular weight excluding hydrogens is 294 g/mol. The number of nitrogens with one attached hydrogen (secondary N) is 1. The Kier molecular flexibility index (Phi) is 4.58. The molecule has 116 valence electrons. The quantitative estimate of drug-likeness (QED) is 0.927. The number of carbonyl (C=O) groups excluding carboxylic acids is 1. The number of hydrogen-bond acceptors (Lipinski definition) is 3. The van der Waals surface area contributed by atoms with Crippen LogP contribution in [0.25, 0.3) is 0 Å². The third-order valence-electron chi connectivity index (χ3n) is 3.73. The first kappa shape index (κ1) is 16.2. The maximum Gasteiger partial charge on any atom is 0.241 e. The molecule has 0 aromatic heterocycles. The third kappa shape index (κ3) is 3.37. The van der Waals surface area contributed by atoms with Crippen molar-refractivity contribution in [1.82, 2.24) is 10.2 Å². The number of amides is 1. The molecule has 6 heteroatoms. The highest BCUT2D eigenvalue weighted by Gasteiger charge is 2.40. The van der Waals surface area contributed by atoms with Crippen molar-refractivity contribution in [3.05, 3.63) is 35.4 Å². The van der Waals surface area contributed by atoms with Gasteiger partial charge in [0.1, 0.15) is 17.8 Å². The molecule has 0 spiro atoms. The van der Waals surface area contributed by atoms with Gasteiger partial charge in [0.2, 0.25) is 5.91 Å². The van der Waals surface area contributed by atoms with E-state index in [-0.39, 0.29) is 16.7 Å². The van der Waals surface area contributed by atoms with E-state index in [0.29, 0.717) is 12.1 Å². The van der Waals surface area contributed by atoms with Crippen molar-refractivity contribution in [1.29, 1.82) is 0 Å². The van der Waals surface area contributed by atoms with Crippen molar-refractivity contribution < 1.29 is 13.6 Å². The summed E-state index contributed by atoms with van der Waals surface area (Å²) in [6.45, 7) is 6.31. The number of benzene rings is 1. The van der Waals surface area contributed by atoms with Crippen LogP contribution >= 0.6 is 11.8 Å². The van der Waals surface area contributed by atoms with Crippen LogP contribution in [-0.4, -0.2) is 34.4 Å². The zero-order valence-corrected chi connectivity index (χ0v) is 13.4. The summed E-state index contributed by atoms with van der Waals surface area (Å²) in [4.78, 5) is 14.0. The molecule has 2 rings (SSSR count). The van der Waals surface area contributed by atoms with Gasteiger partial charge in [-0.3, -0.25) is 10.1 Å². The molecule has 1 saturated heterocycles. The van der Waals surface area contributed by atoms with Gasteiger partial charge in [-0.2, -0.15) is 11.8 Å². The van der Waals surface area contributed by atoms with Crippen molar-refractivity contribution in [2.75, 3.05) is 12.8 Å². The lowest BCUT2D eigenvalue weighted by atomic mass is 10.1. The van der Waals surface area contributed by atoms with Gasteiger partial charge in [0.05, 0.1) is 6.04 Å². The summed E-state index contributed by atoms with van der Waals surface area (Å²) >= 11 is 1.65. The van der Waals surface area contributed by atoms with Crippen LogP contribution in [-0.2, 0) is 4.79 Å². The molecule has 1 heterocycles. The van der Waals surface area contributed by atoms with E-state index in [9.17, 15) is 13.6 Å². The number of carbonyl (C=O) groups is 1. The Bertz CT molecular complexity index is 550. The van der Waals surface area contributed by atoms with Crippen molar-refractivity contribution in [2.24, 2.45) is 0 Å². The highest BCUT2D eigenvalue weighted by molar-refractivity contribution is 7.99. The lowest BCUT2D eigenvalue weighted by Gasteiger charge is -2.32. The molecular formula is C15H20F2N2OS. The molecule has 1 aliphatic rings. The van der Waals surface area contributed by atoms with E-state index in [2.05, 4.69) is 5.32 Å². The molecule has 1 aliphatic heterocycles. The van der Waals surface area contributed by atoms with Crippen LogP contribution in [0.4, 0.5) is 8.78 Å². The molecule has 3 nitrogen and oxygen atoms in total. The summed E-state index contributed by atoms with van der Waals surface area (Å²) in [5, 5.41) is 3.08. The molecule has 1 aromatic carbocycles. The fourth-order valence-electron chi connectivity index (χ4n) is 2.40. The fraction of sp³-hybridized carbons (Fsp3) is 0.533. The highest BCUT2D eigenvalue weighted by atomic mass is 32.2. The van der Waals surface area contributed by atoms with Gasteiger partial charge >= 0.3 is 0 Å². The van der Waals surface area contributed by atoms with Crippen LogP contribution in [0.15, 0.2) is 18.2 Å². The van der Waals surface area contributed by atoms with Crippen LogP contribution in [0.2, 0.25) is 0 Å². The summed E-state index contributed by atoms with van der Waals surface area (Å²) < 4.78 is 26.9. The summed E-state index contributed by atoms with van der Waals surface area (Å²) in [6, 6.07) is 3.08. The van der Waals surface area contributed by atoms with Crippen LogP contribution in [0.3, 0.4) is 0 Å². The fourth-order valence-corrected chi connectivity index (χ4v) is 2.67. The van der Waals surface area contributed by atoms with E-state index in [1.165, 1.54) is 12.1 Å². The normalized spacial score (nSPS) is 23.0. The molecule has 0 bridgehead atoms. The van der Waals surface area contributed by atoms with E-state index in [1.54, 1.807) is 23.6 Å². The molecule has 21 heavy (non-hydrogen) atoms. The predicted molar refractivity (Wildman–Crippen MR) is 81.0 cm³/mol. The van der Waals surface area contributed by atoms with Gasteiger partial charge in [-0.25, -0.2) is 8.78 Å². The molecule has 1 N–H and O–H groups in total. The average molecular weight is 314 g/mol. The van der Waals surface area contributed by atoms with Crippen LogP contribution in [0.1, 0.15) is 32.5 Å². The molecule has 1 aromatic rings. The smallest absolute Gasteiger partial charge is 0.241 e. The average Bonchev–Trinajstić information content (AvgIpc) is 2.67. The number of rotatable bonds is 4. The van der Waals surface area contributed by atoms with Crippen molar-refractivity contribution >= 4 is 17.7 Å². The largest absolute Gasteiger partial charge is 0.320 e. The molecule has 1 amide bonds. The highest BCUT2D eigenvalue weighted by Crippen LogP contribution is 2.32. The first-order valence-electron chi connectivity index (χ1n) is 6.82. The standard InChI is InChI=1S/C15H20F2N2OS/c1-9-14(20)19(8-15(2,3)21-4)13(18-9)11-6-5-10(16)7-12(11)17/h5-7,9,13,18H,8H2,1-4H3. The van der Waals surface area contributed by atoms with Crippen LogP contribution in [0, 0.1) is 11.6 Å². The monoisotopic (exact) mass is 314 g/mol. The Hall–Kier alpha value is -1.14. The minimum atomic E-state index is -0.638. The van der Waals surface area contributed by atoms with Crippen molar-refractivity contribution in [3.8, 4) is 0 Å². The van der Waals surface area contributed by atoms with Gasteiger partial charge in [-0.1, -0.05) is 0 Å². The molecule has 2 unspecified atom stereocenters. The minimum absolute atomic E-state index is 0.0640. The Balaban J connectivity index is 2.34. The first-order chi connectivity index (χ1) is 9.75. The summed E-state index contributed by atoms with van der Waals surface area (Å²) in [5.41, 5.74) is 0.297. The maximum absolute atomic E-state index is 14.0. The summed E-state index contributed by atoms with van der Waals surface area (Å²) in [6.07, 6.45) is 1.42. The molecule has 0 radical (unpaired) electrons. The van der Waals surface area contributed by atoms with E-state index >= 15 is 0 Å². The summed E-state index contributed by atoms with van der Waals surface area (Å²) in [7, 11) is 0. The Morgan fingerprint density at radius 2 is 2.05 bits per heavy atom. The topological polar surface area (TPSA) is 32.3 Å². The van der Waals surface area contributed by atoms with E-state index in [1.807, 2.05) is 20.1 Å². The van der Waals surface area contributed by atoms with E-state index in [0.717, 1.165) is 6.07 Å². The first-order valence-corrected chi connectivity index (χ1v) is 8.04. The summed E-state index contributed by atoms with van der Waals surface area (Å²) in [5.74, 6) is -1.32. The second kappa shape index (κ2) is 5.93. The number of hydrogen-bond donors (Lipinski definition) is 1. The zero-order valence-electron chi connectivity index (χ0n) is 12.6. The van der Waals surface area contributed by atoms with Crippen LogP contribution < -0.4 is 5.32 Å². The van der Waals surface area contributed by atoms with E-state index < -0.39 is 17.8 Å².